The molecular formula is C24H44N2O11. The van der Waals surface area contributed by atoms with Gasteiger partial charge in [-0.2, -0.15) is 0 Å². The van der Waals surface area contributed by atoms with Gasteiger partial charge in [-0.05, 0) is 0 Å². The molecular weight excluding hydrogens is 492 g/mol. The molecule has 3 N–H and O–H groups in total. The van der Waals surface area contributed by atoms with Gasteiger partial charge in [-0.1, -0.05) is 0 Å². The largest absolute Gasteiger partial charge is 0.379 e. The first-order valence-electron chi connectivity index (χ1n) is 12.5. The summed E-state index contributed by atoms with van der Waals surface area (Å²) in [7, 11) is 0. The molecule has 13 nitrogen and oxygen atoms in total. The molecule has 0 bridgehead atoms. The molecule has 0 aromatic heterocycles. The monoisotopic (exact) mass is 536 g/mol. The lowest BCUT2D eigenvalue weighted by molar-refractivity contribution is -0.129. The summed E-state index contributed by atoms with van der Waals surface area (Å²) in [6.45, 7) is 4.22. The van der Waals surface area contributed by atoms with Crippen LogP contribution in [-0.4, -0.2) is 129 Å². The van der Waals surface area contributed by atoms with Crippen molar-refractivity contribution in [2.24, 2.45) is 5.73 Å². The van der Waals surface area contributed by atoms with E-state index >= 15 is 0 Å². The predicted octanol–water partition coefficient (Wildman–Crippen LogP) is -0.927. The van der Waals surface area contributed by atoms with Crippen LogP contribution in [0.1, 0.15) is 25.7 Å². The van der Waals surface area contributed by atoms with Crippen molar-refractivity contribution in [2.75, 3.05) is 99.0 Å². The van der Waals surface area contributed by atoms with Gasteiger partial charge >= 0.3 is 0 Å². The number of carbonyl (C=O) groups is 4. The summed E-state index contributed by atoms with van der Waals surface area (Å²) in [5.74, 6) is -0.317. The summed E-state index contributed by atoms with van der Waals surface area (Å²) in [5.41, 5.74) is 4.25. The van der Waals surface area contributed by atoms with Crippen LogP contribution in [0, 0.1) is 0 Å². The molecule has 0 saturated carbocycles. The minimum absolute atomic E-state index is 0.0185. The minimum atomic E-state index is -1.07. The smallest absolute Gasteiger partial charge is 0.222 e. The highest BCUT2D eigenvalue weighted by molar-refractivity contribution is 5.77. The SMILES string of the molecule is NCCOCCOCCOCCOCCC(=O)NC(COCCC=O)(COCCC=O)COCCC=O. The van der Waals surface area contributed by atoms with Gasteiger partial charge in [0.2, 0.25) is 5.91 Å². The molecule has 0 aliphatic rings. The fourth-order valence-electron chi connectivity index (χ4n) is 2.80. The Balaban J connectivity index is 4.41. The summed E-state index contributed by atoms with van der Waals surface area (Å²) in [6, 6.07) is 0. The van der Waals surface area contributed by atoms with Gasteiger partial charge in [-0.25, -0.2) is 0 Å². The Morgan fingerprint density at radius 1 is 0.568 bits per heavy atom. The van der Waals surface area contributed by atoms with Crippen LogP contribution in [-0.2, 0) is 52.3 Å². The maximum Gasteiger partial charge on any atom is 0.222 e. The first-order valence-corrected chi connectivity index (χ1v) is 12.5. The molecule has 0 aromatic carbocycles. The second-order valence-corrected chi connectivity index (χ2v) is 7.84. The van der Waals surface area contributed by atoms with Gasteiger partial charge in [-0.3, -0.25) is 4.79 Å². The Morgan fingerprint density at radius 3 is 1.32 bits per heavy atom. The second-order valence-electron chi connectivity index (χ2n) is 7.84. The molecule has 1 amide bonds. The Hall–Kier alpha value is -1.84. The number of ether oxygens (including phenoxy) is 7. The van der Waals surface area contributed by atoms with E-state index < -0.39 is 5.54 Å². The average molecular weight is 537 g/mol. The van der Waals surface area contributed by atoms with Crippen molar-refractivity contribution in [1.29, 1.82) is 0 Å². The van der Waals surface area contributed by atoms with Crippen molar-refractivity contribution in [1.82, 2.24) is 5.32 Å². The number of aldehydes is 3. The maximum atomic E-state index is 12.6. The second kappa shape index (κ2) is 27.2. The van der Waals surface area contributed by atoms with Crippen LogP contribution in [0.2, 0.25) is 0 Å². The molecule has 216 valence electrons. The number of hydrogen-bond donors (Lipinski definition) is 2. The van der Waals surface area contributed by atoms with Gasteiger partial charge in [0, 0.05) is 32.2 Å². The number of rotatable bonds is 30. The van der Waals surface area contributed by atoms with Gasteiger partial charge in [0.25, 0.3) is 0 Å². The Kier molecular flexibility index (Phi) is 25.8. The van der Waals surface area contributed by atoms with Gasteiger partial charge in [0.05, 0.1) is 92.5 Å². The normalized spacial score (nSPS) is 11.4. The van der Waals surface area contributed by atoms with E-state index in [0.29, 0.717) is 52.8 Å². The third-order valence-electron chi connectivity index (χ3n) is 4.53. The molecule has 0 fully saturated rings. The highest BCUT2D eigenvalue weighted by Crippen LogP contribution is 2.11. The summed E-state index contributed by atoms with van der Waals surface area (Å²) < 4.78 is 38.1. The molecule has 37 heavy (non-hydrogen) atoms. The van der Waals surface area contributed by atoms with Gasteiger partial charge in [0.15, 0.2) is 0 Å². The molecule has 0 unspecified atom stereocenters. The standard InChI is InChI=1S/C24H44N2O11/c25-5-13-32-15-17-34-19-18-33-16-14-31-12-4-23(30)26-24(20-35-9-1-6-27,21-36-10-2-7-28)22-37-11-3-8-29/h6-8H,1-5,9-22,25H2,(H,26,30). The fourth-order valence-corrected chi connectivity index (χ4v) is 2.80. The van der Waals surface area contributed by atoms with Gasteiger partial charge in [0.1, 0.15) is 24.4 Å². The Bertz CT molecular complexity index is 526. The summed E-state index contributed by atoms with van der Waals surface area (Å²) >= 11 is 0. The Morgan fingerprint density at radius 2 is 0.946 bits per heavy atom. The van der Waals surface area contributed by atoms with Crippen molar-refractivity contribution < 1.29 is 52.3 Å². The molecule has 0 rings (SSSR count). The highest BCUT2D eigenvalue weighted by Gasteiger charge is 2.33. The Labute approximate surface area is 218 Å². The first kappa shape index (κ1) is 35.2. The predicted molar refractivity (Wildman–Crippen MR) is 132 cm³/mol. The van der Waals surface area contributed by atoms with E-state index in [0.717, 1.165) is 18.9 Å². The number of carbonyl (C=O) groups excluding carboxylic acids is 4. The van der Waals surface area contributed by atoms with Crippen molar-refractivity contribution >= 4 is 24.8 Å². The van der Waals surface area contributed by atoms with E-state index in [-0.39, 0.29) is 77.8 Å². The molecule has 0 radical (unpaired) electrons. The molecule has 0 atom stereocenters. The van der Waals surface area contributed by atoms with E-state index in [1.54, 1.807) is 0 Å². The number of amides is 1. The molecule has 0 aliphatic carbocycles. The van der Waals surface area contributed by atoms with E-state index in [2.05, 4.69) is 5.32 Å². The van der Waals surface area contributed by atoms with Crippen molar-refractivity contribution in [3.05, 3.63) is 0 Å². The highest BCUT2D eigenvalue weighted by atomic mass is 16.6. The van der Waals surface area contributed by atoms with Crippen molar-refractivity contribution in [3.63, 3.8) is 0 Å². The average Bonchev–Trinajstić information content (AvgIpc) is 2.90. The zero-order valence-electron chi connectivity index (χ0n) is 21.7. The lowest BCUT2D eigenvalue weighted by Crippen LogP contribution is -2.58. The van der Waals surface area contributed by atoms with Crippen LogP contribution in [0.5, 0.6) is 0 Å². The van der Waals surface area contributed by atoms with Gasteiger partial charge < -0.3 is 58.6 Å². The zero-order chi connectivity index (χ0) is 27.3. The third kappa shape index (κ3) is 23.0. The molecule has 13 heteroatoms. The van der Waals surface area contributed by atoms with Crippen molar-refractivity contribution in [2.45, 2.75) is 31.2 Å². The third-order valence-corrected chi connectivity index (χ3v) is 4.53. The van der Waals surface area contributed by atoms with Gasteiger partial charge in [-0.15, -0.1) is 0 Å². The lowest BCUT2D eigenvalue weighted by atomic mass is 10.0. The molecule has 0 heterocycles. The van der Waals surface area contributed by atoms with E-state index in [1.165, 1.54) is 0 Å². The summed E-state index contributed by atoms with van der Waals surface area (Å²) in [6.07, 6.45) is 2.87. The van der Waals surface area contributed by atoms with E-state index in [4.69, 9.17) is 38.9 Å². The van der Waals surface area contributed by atoms with Crippen molar-refractivity contribution in [3.8, 4) is 0 Å². The summed E-state index contributed by atoms with van der Waals surface area (Å²) in [5, 5.41) is 2.88. The van der Waals surface area contributed by atoms with Crippen LogP contribution < -0.4 is 11.1 Å². The van der Waals surface area contributed by atoms with E-state index in [1.807, 2.05) is 0 Å². The van der Waals surface area contributed by atoms with Crippen LogP contribution >= 0.6 is 0 Å². The van der Waals surface area contributed by atoms with Crippen LogP contribution in [0.4, 0.5) is 0 Å². The summed E-state index contributed by atoms with van der Waals surface area (Å²) in [4.78, 5) is 44.4. The van der Waals surface area contributed by atoms with E-state index in [9.17, 15) is 19.2 Å². The van der Waals surface area contributed by atoms with Crippen LogP contribution in [0.3, 0.4) is 0 Å². The topological polar surface area (TPSA) is 171 Å². The first-order chi connectivity index (χ1) is 18.1. The molecule has 0 saturated heterocycles. The maximum absolute atomic E-state index is 12.6. The molecule has 0 spiro atoms. The minimum Gasteiger partial charge on any atom is -0.379 e. The number of nitrogens with one attached hydrogen (secondary N) is 1. The lowest BCUT2D eigenvalue weighted by Gasteiger charge is -2.34. The number of nitrogens with two attached hydrogens (primary N) is 1. The van der Waals surface area contributed by atoms with Crippen LogP contribution in [0.15, 0.2) is 0 Å². The van der Waals surface area contributed by atoms with Crippen LogP contribution in [0.25, 0.3) is 0 Å². The molecule has 0 aromatic rings. The molecule has 0 aliphatic heterocycles. The zero-order valence-corrected chi connectivity index (χ0v) is 21.7. The quantitative estimate of drug-likeness (QED) is 0.0855. The number of hydrogen-bond acceptors (Lipinski definition) is 12. The fraction of sp³-hybridized carbons (Fsp3) is 0.833.